The van der Waals surface area contributed by atoms with Gasteiger partial charge in [-0.2, -0.15) is 13.2 Å². The van der Waals surface area contributed by atoms with E-state index in [9.17, 15) is 22.8 Å². The molecule has 2 rings (SSSR count). The monoisotopic (exact) mass is 432 g/mol. The van der Waals surface area contributed by atoms with Gasteiger partial charge in [0.05, 0.1) is 20.8 Å². The number of hydrogen-bond donors (Lipinski definition) is 1. The molecule has 7 nitrogen and oxygen atoms in total. The number of rotatable bonds is 8. The third-order valence-corrected chi connectivity index (χ3v) is 4.64. The minimum atomic E-state index is -4.85. The summed E-state index contributed by atoms with van der Waals surface area (Å²) in [5.74, 6) is -0.644. The van der Waals surface area contributed by atoms with Crippen LogP contribution in [0, 0.1) is 0 Å². The van der Waals surface area contributed by atoms with E-state index in [4.69, 9.17) is 9.47 Å². The van der Waals surface area contributed by atoms with Gasteiger partial charge in [0.2, 0.25) is 5.91 Å². The SMILES string of the molecule is CCOC(=O)c1sc(NC(=O)CCc2ccc(OC)c(OC)c2)nc1C(F)(F)F. The van der Waals surface area contributed by atoms with Crippen molar-refractivity contribution >= 4 is 28.3 Å². The van der Waals surface area contributed by atoms with Crippen LogP contribution in [0.25, 0.3) is 0 Å². The molecular weight excluding hydrogens is 413 g/mol. The van der Waals surface area contributed by atoms with Crippen LogP contribution < -0.4 is 14.8 Å². The highest BCUT2D eigenvalue weighted by Crippen LogP contribution is 2.36. The number of aromatic nitrogens is 1. The summed E-state index contributed by atoms with van der Waals surface area (Å²) >= 11 is 0.421. The molecule has 0 fully saturated rings. The Balaban J connectivity index is 2.08. The number of nitrogens with one attached hydrogen (secondary N) is 1. The van der Waals surface area contributed by atoms with E-state index < -0.39 is 28.6 Å². The highest BCUT2D eigenvalue weighted by molar-refractivity contribution is 7.17. The Labute approximate surface area is 168 Å². The molecule has 0 aliphatic heterocycles. The second-order valence-electron chi connectivity index (χ2n) is 5.65. The Kier molecular flexibility index (Phi) is 7.43. The highest BCUT2D eigenvalue weighted by Gasteiger charge is 2.40. The van der Waals surface area contributed by atoms with Gasteiger partial charge in [0.15, 0.2) is 22.3 Å². The standard InChI is InChI=1S/C18H19F3N2O5S/c1-4-28-16(25)14-15(18(19,20)21)23-17(29-14)22-13(24)8-6-10-5-7-11(26-2)12(9-10)27-3/h5,7,9H,4,6,8H2,1-3H3,(H,22,23,24). The molecule has 0 unspecified atom stereocenters. The number of anilines is 1. The maximum atomic E-state index is 13.1. The van der Waals surface area contributed by atoms with E-state index in [-0.39, 0.29) is 18.2 Å². The van der Waals surface area contributed by atoms with E-state index in [1.165, 1.54) is 21.1 Å². The van der Waals surface area contributed by atoms with Crippen LogP contribution in [0.3, 0.4) is 0 Å². The fourth-order valence-electron chi connectivity index (χ4n) is 2.38. The molecular formula is C18H19F3N2O5S. The molecule has 0 aliphatic rings. The number of carbonyl (C=O) groups excluding carboxylic acids is 2. The van der Waals surface area contributed by atoms with Crippen molar-refractivity contribution < 1.29 is 37.0 Å². The van der Waals surface area contributed by atoms with E-state index >= 15 is 0 Å². The molecule has 0 bridgehead atoms. The lowest BCUT2D eigenvalue weighted by Gasteiger charge is -2.09. The molecule has 0 aliphatic carbocycles. The number of benzene rings is 1. The summed E-state index contributed by atoms with van der Waals surface area (Å²) in [6.45, 7) is 1.39. The molecule has 2 aromatic rings. The summed E-state index contributed by atoms with van der Waals surface area (Å²) in [5, 5.41) is 1.98. The van der Waals surface area contributed by atoms with Crippen molar-refractivity contribution in [2.75, 3.05) is 26.1 Å². The summed E-state index contributed by atoms with van der Waals surface area (Å²) in [7, 11) is 2.98. The van der Waals surface area contributed by atoms with Crippen LogP contribution in [0.4, 0.5) is 18.3 Å². The van der Waals surface area contributed by atoms with E-state index in [1.54, 1.807) is 18.2 Å². The van der Waals surface area contributed by atoms with Crippen LogP contribution in [0.1, 0.15) is 34.3 Å². The number of alkyl halides is 3. The zero-order valence-corrected chi connectivity index (χ0v) is 16.7. The Morgan fingerprint density at radius 2 is 1.86 bits per heavy atom. The number of ether oxygens (including phenoxy) is 3. The number of nitrogens with zero attached hydrogens (tertiary/aromatic N) is 1. The molecule has 0 radical (unpaired) electrons. The van der Waals surface area contributed by atoms with Gasteiger partial charge in [-0.25, -0.2) is 9.78 Å². The van der Waals surface area contributed by atoms with Gasteiger partial charge in [0.1, 0.15) is 4.88 Å². The second-order valence-corrected chi connectivity index (χ2v) is 6.65. The smallest absolute Gasteiger partial charge is 0.435 e. The molecule has 0 atom stereocenters. The first-order chi connectivity index (χ1) is 13.7. The number of methoxy groups -OCH3 is 2. The number of hydrogen-bond acceptors (Lipinski definition) is 7. The summed E-state index contributed by atoms with van der Waals surface area (Å²) in [4.78, 5) is 26.5. The first-order valence-electron chi connectivity index (χ1n) is 8.45. The number of halogens is 3. The van der Waals surface area contributed by atoms with Crippen molar-refractivity contribution in [1.29, 1.82) is 0 Å². The zero-order chi connectivity index (χ0) is 21.6. The Bertz CT molecular complexity index is 883. The van der Waals surface area contributed by atoms with Crippen molar-refractivity contribution in [2.45, 2.75) is 25.9 Å². The molecule has 11 heteroatoms. The fourth-order valence-corrected chi connectivity index (χ4v) is 3.27. The van der Waals surface area contributed by atoms with Gasteiger partial charge in [0, 0.05) is 6.42 Å². The van der Waals surface area contributed by atoms with Gasteiger partial charge in [-0.1, -0.05) is 17.4 Å². The van der Waals surface area contributed by atoms with Gasteiger partial charge in [-0.15, -0.1) is 0 Å². The lowest BCUT2D eigenvalue weighted by atomic mass is 10.1. The van der Waals surface area contributed by atoms with Crippen molar-refractivity contribution in [3.63, 3.8) is 0 Å². The number of carbonyl (C=O) groups is 2. The predicted molar refractivity (Wildman–Crippen MR) is 99.6 cm³/mol. The average Bonchev–Trinajstić information content (AvgIpc) is 3.10. The molecule has 1 heterocycles. The van der Waals surface area contributed by atoms with Crippen molar-refractivity contribution in [2.24, 2.45) is 0 Å². The second kappa shape index (κ2) is 9.59. The molecule has 1 N–H and O–H groups in total. The number of esters is 1. The Hall–Kier alpha value is -2.82. The first kappa shape index (κ1) is 22.5. The minimum Gasteiger partial charge on any atom is -0.493 e. The van der Waals surface area contributed by atoms with Crippen LogP contribution >= 0.6 is 11.3 Å². The van der Waals surface area contributed by atoms with Gasteiger partial charge < -0.3 is 19.5 Å². The molecule has 1 aromatic carbocycles. The molecule has 1 amide bonds. The van der Waals surface area contributed by atoms with Crippen LogP contribution in [-0.2, 0) is 22.1 Å². The quantitative estimate of drug-likeness (QED) is 0.636. The van der Waals surface area contributed by atoms with Gasteiger partial charge in [-0.3, -0.25) is 4.79 Å². The number of aryl methyl sites for hydroxylation is 1. The van der Waals surface area contributed by atoms with Gasteiger partial charge >= 0.3 is 12.1 Å². The van der Waals surface area contributed by atoms with Crippen molar-refractivity contribution in [3.05, 3.63) is 34.3 Å². The molecule has 1 aromatic heterocycles. The summed E-state index contributed by atoms with van der Waals surface area (Å²) in [6.07, 6.45) is -4.54. The lowest BCUT2D eigenvalue weighted by Crippen LogP contribution is -2.14. The maximum Gasteiger partial charge on any atom is 0.435 e. The van der Waals surface area contributed by atoms with Crippen molar-refractivity contribution in [3.8, 4) is 11.5 Å². The minimum absolute atomic E-state index is 0.00878. The Morgan fingerprint density at radius 3 is 2.45 bits per heavy atom. The fraction of sp³-hybridized carbons (Fsp3) is 0.389. The predicted octanol–water partition coefficient (Wildman–Crippen LogP) is 3.93. The summed E-state index contributed by atoms with van der Waals surface area (Å²) in [5.41, 5.74) is -0.601. The van der Waals surface area contributed by atoms with Crippen molar-refractivity contribution in [1.82, 2.24) is 4.98 Å². The van der Waals surface area contributed by atoms with Gasteiger partial charge in [-0.05, 0) is 31.0 Å². The number of amides is 1. The van der Waals surface area contributed by atoms with Crippen LogP contribution in [0.2, 0.25) is 0 Å². The molecule has 0 saturated carbocycles. The molecule has 0 saturated heterocycles. The van der Waals surface area contributed by atoms with Crippen LogP contribution in [-0.4, -0.2) is 37.7 Å². The van der Waals surface area contributed by atoms with Crippen LogP contribution in [0.5, 0.6) is 11.5 Å². The summed E-state index contributed by atoms with van der Waals surface area (Å²) < 4.78 is 54.3. The third kappa shape index (κ3) is 5.83. The Morgan fingerprint density at radius 1 is 1.17 bits per heavy atom. The first-order valence-corrected chi connectivity index (χ1v) is 9.27. The summed E-state index contributed by atoms with van der Waals surface area (Å²) in [6, 6.07) is 5.14. The maximum absolute atomic E-state index is 13.1. The van der Waals surface area contributed by atoms with E-state index in [0.717, 1.165) is 5.56 Å². The lowest BCUT2D eigenvalue weighted by molar-refractivity contribution is -0.141. The normalized spacial score (nSPS) is 11.1. The van der Waals surface area contributed by atoms with Crippen LogP contribution in [0.15, 0.2) is 18.2 Å². The zero-order valence-electron chi connectivity index (χ0n) is 15.9. The highest BCUT2D eigenvalue weighted by atomic mass is 32.1. The average molecular weight is 432 g/mol. The van der Waals surface area contributed by atoms with E-state index in [1.807, 2.05) is 0 Å². The largest absolute Gasteiger partial charge is 0.493 e. The molecule has 158 valence electrons. The van der Waals surface area contributed by atoms with Gasteiger partial charge in [0.25, 0.3) is 0 Å². The van der Waals surface area contributed by atoms with E-state index in [0.29, 0.717) is 29.3 Å². The topological polar surface area (TPSA) is 86.8 Å². The third-order valence-electron chi connectivity index (χ3n) is 3.69. The molecule has 29 heavy (non-hydrogen) atoms. The molecule has 0 spiro atoms. The van der Waals surface area contributed by atoms with E-state index in [2.05, 4.69) is 15.0 Å². The number of thiazole rings is 1.